The first-order valence-electron chi connectivity index (χ1n) is 6.78. The number of aliphatic carboxylic acids is 1. The van der Waals surface area contributed by atoms with Crippen LogP contribution in [0.5, 0.6) is 0 Å². The number of carboxylic acids is 1. The summed E-state index contributed by atoms with van der Waals surface area (Å²) in [7, 11) is 2.14. The zero-order valence-electron chi connectivity index (χ0n) is 10.9. The number of hydrogen-bond donors (Lipinski definition) is 1. The van der Waals surface area contributed by atoms with Crippen LogP contribution in [0.2, 0.25) is 0 Å². The molecule has 3 unspecified atom stereocenters. The lowest BCUT2D eigenvalue weighted by Gasteiger charge is -2.32. The van der Waals surface area contributed by atoms with Gasteiger partial charge in [0.1, 0.15) is 6.04 Å². The highest BCUT2D eigenvalue weighted by Crippen LogP contribution is 2.26. The molecule has 0 spiro atoms. The predicted octanol–water partition coefficient (Wildman–Crippen LogP) is 1.41. The van der Waals surface area contributed by atoms with E-state index >= 15 is 0 Å². The van der Waals surface area contributed by atoms with Crippen molar-refractivity contribution < 1.29 is 9.90 Å². The van der Waals surface area contributed by atoms with E-state index < -0.39 is 5.97 Å². The van der Waals surface area contributed by atoms with Gasteiger partial charge in [-0.1, -0.05) is 12.8 Å². The highest BCUT2D eigenvalue weighted by molar-refractivity contribution is 5.73. The molecule has 0 amide bonds. The third kappa shape index (κ3) is 2.80. The van der Waals surface area contributed by atoms with Gasteiger partial charge in [0.05, 0.1) is 0 Å². The zero-order chi connectivity index (χ0) is 12.4. The van der Waals surface area contributed by atoms with Crippen molar-refractivity contribution in [3.8, 4) is 0 Å². The second kappa shape index (κ2) is 5.36. The summed E-state index contributed by atoms with van der Waals surface area (Å²) in [5.74, 6) is -0.630. The van der Waals surface area contributed by atoms with Crippen molar-refractivity contribution >= 4 is 5.97 Å². The van der Waals surface area contributed by atoms with Gasteiger partial charge in [0.15, 0.2) is 0 Å². The minimum Gasteiger partial charge on any atom is -0.480 e. The minimum absolute atomic E-state index is 0.249. The molecule has 0 saturated carbocycles. The van der Waals surface area contributed by atoms with Crippen LogP contribution in [-0.4, -0.2) is 59.1 Å². The quantitative estimate of drug-likeness (QED) is 0.792. The maximum atomic E-state index is 11.4. The molecule has 2 aliphatic heterocycles. The van der Waals surface area contributed by atoms with Crippen LogP contribution in [0, 0.1) is 0 Å². The first kappa shape index (κ1) is 12.8. The molecule has 1 N–H and O–H groups in total. The number of hydrogen-bond acceptors (Lipinski definition) is 3. The Bertz CT molecular complexity index is 273. The van der Waals surface area contributed by atoms with Gasteiger partial charge in [-0.3, -0.25) is 9.69 Å². The Balaban J connectivity index is 2.07. The number of likely N-dealkylation sites (tertiary alicyclic amines) is 2. The predicted molar refractivity (Wildman–Crippen MR) is 67.1 cm³/mol. The second-order valence-corrected chi connectivity index (χ2v) is 5.62. The zero-order valence-corrected chi connectivity index (χ0v) is 10.9. The largest absolute Gasteiger partial charge is 0.480 e. The summed E-state index contributed by atoms with van der Waals surface area (Å²) >= 11 is 0. The van der Waals surface area contributed by atoms with Crippen LogP contribution in [0.25, 0.3) is 0 Å². The van der Waals surface area contributed by atoms with Crippen LogP contribution in [-0.2, 0) is 4.79 Å². The lowest BCUT2D eigenvalue weighted by molar-refractivity contribution is -0.144. The fourth-order valence-corrected chi connectivity index (χ4v) is 3.23. The van der Waals surface area contributed by atoms with E-state index in [1.54, 1.807) is 0 Å². The van der Waals surface area contributed by atoms with Crippen LogP contribution >= 0.6 is 0 Å². The van der Waals surface area contributed by atoms with Gasteiger partial charge in [-0.05, 0) is 39.8 Å². The van der Waals surface area contributed by atoms with Crippen LogP contribution in [0.15, 0.2) is 0 Å². The Morgan fingerprint density at radius 3 is 2.65 bits per heavy atom. The molecule has 0 aromatic rings. The standard InChI is InChI=1S/C13H24N2O2/c1-10-8-11(9-14(10)2)15-7-5-3-4-6-12(15)13(16)17/h10-12H,3-9H2,1-2H3,(H,16,17). The van der Waals surface area contributed by atoms with Crippen LogP contribution < -0.4 is 0 Å². The smallest absolute Gasteiger partial charge is 0.320 e. The molecule has 2 heterocycles. The Morgan fingerprint density at radius 2 is 2.06 bits per heavy atom. The molecule has 0 aromatic carbocycles. The molecule has 2 fully saturated rings. The molecule has 0 aromatic heterocycles. The van der Waals surface area contributed by atoms with Gasteiger partial charge in [0.2, 0.25) is 0 Å². The van der Waals surface area contributed by atoms with Crippen molar-refractivity contribution in [3.63, 3.8) is 0 Å². The van der Waals surface area contributed by atoms with Gasteiger partial charge in [0, 0.05) is 18.6 Å². The molecular weight excluding hydrogens is 216 g/mol. The monoisotopic (exact) mass is 240 g/mol. The Morgan fingerprint density at radius 1 is 1.29 bits per heavy atom. The summed E-state index contributed by atoms with van der Waals surface area (Å²) in [4.78, 5) is 16.0. The molecule has 4 heteroatoms. The van der Waals surface area contributed by atoms with Gasteiger partial charge in [-0.25, -0.2) is 0 Å². The van der Waals surface area contributed by atoms with Crippen molar-refractivity contribution in [3.05, 3.63) is 0 Å². The van der Waals surface area contributed by atoms with Gasteiger partial charge < -0.3 is 10.0 Å². The maximum Gasteiger partial charge on any atom is 0.320 e. The summed E-state index contributed by atoms with van der Waals surface area (Å²) in [5, 5.41) is 9.37. The molecule has 0 bridgehead atoms. The fraction of sp³-hybridized carbons (Fsp3) is 0.923. The van der Waals surface area contributed by atoms with Gasteiger partial charge >= 0.3 is 5.97 Å². The average molecular weight is 240 g/mol. The fourth-order valence-electron chi connectivity index (χ4n) is 3.23. The van der Waals surface area contributed by atoms with E-state index in [2.05, 4.69) is 23.8 Å². The molecule has 98 valence electrons. The summed E-state index contributed by atoms with van der Waals surface area (Å²) in [6.07, 6.45) is 5.33. The van der Waals surface area contributed by atoms with Crippen molar-refractivity contribution in [2.24, 2.45) is 0 Å². The van der Waals surface area contributed by atoms with Crippen LogP contribution in [0.4, 0.5) is 0 Å². The molecule has 3 atom stereocenters. The van der Waals surface area contributed by atoms with E-state index in [0.29, 0.717) is 12.1 Å². The van der Waals surface area contributed by atoms with Gasteiger partial charge in [0.25, 0.3) is 0 Å². The number of carboxylic acid groups (broad SMARTS) is 1. The normalized spacial score (nSPS) is 36.9. The SMILES string of the molecule is CC1CC(N2CCCCCC2C(=O)O)CN1C. The third-order valence-electron chi connectivity index (χ3n) is 4.41. The number of nitrogens with zero attached hydrogens (tertiary/aromatic N) is 2. The first-order chi connectivity index (χ1) is 8.09. The Labute approximate surface area is 104 Å². The van der Waals surface area contributed by atoms with E-state index in [1.807, 2.05) is 0 Å². The Hall–Kier alpha value is -0.610. The lowest BCUT2D eigenvalue weighted by Crippen LogP contribution is -2.48. The van der Waals surface area contributed by atoms with E-state index in [1.165, 1.54) is 6.42 Å². The lowest BCUT2D eigenvalue weighted by atomic mass is 10.1. The van der Waals surface area contributed by atoms with E-state index in [9.17, 15) is 9.90 Å². The molecule has 0 aliphatic carbocycles. The van der Waals surface area contributed by atoms with Crippen LogP contribution in [0.1, 0.15) is 39.0 Å². The molecule has 4 nitrogen and oxygen atoms in total. The summed E-state index contributed by atoms with van der Waals surface area (Å²) in [5.41, 5.74) is 0. The molecule has 2 rings (SSSR count). The molecular formula is C13H24N2O2. The highest BCUT2D eigenvalue weighted by Gasteiger charge is 2.37. The van der Waals surface area contributed by atoms with Crippen molar-refractivity contribution in [2.45, 2.75) is 57.2 Å². The summed E-state index contributed by atoms with van der Waals surface area (Å²) < 4.78 is 0. The topological polar surface area (TPSA) is 43.8 Å². The average Bonchev–Trinajstić information content (AvgIpc) is 2.53. The molecule has 2 aliphatic rings. The summed E-state index contributed by atoms with van der Waals surface area (Å²) in [6.45, 7) is 4.21. The van der Waals surface area contributed by atoms with E-state index in [-0.39, 0.29) is 6.04 Å². The van der Waals surface area contributed by atoms with Crippen molar-refractivity contribution in [1.82, 2.24) is 9.80 Å². The first-order valence-corrected chi connectivity index (χ1v) is 6.78. The molecule has 17 heavy (non-hydrogen) atoms. The van der Waals surface area contributed by atoms with Crippen molar-refractivity contribution in [1.29, 1.82) is 0 Å². The van der Waals surface area contributed by atoms with Gasteiger partial charge in [-0.15, -0.1) is 0 Å². The minimum atomic E-state index is -0.630. The van der Waals surface area contributed by atoms with Crippen molar-refractivity contribution in [2.75, 3.05) is 20.1 Å². The van der Waals surface area contributed by atoms with E-state index in [4.69, 9.17) is 0 Å². The van der Waals surface area contributed by atoms with Crippen LogP contribution in [0.3, 0.4) is 0 Å². The number of rotatable bonds is 2. The van der Waals surface area contributed by atoms with Gasteiger partial charge in [-0.2, -0.15) is 0 Å². The summed E-state index contributed by atoms with van der Waals surface area (Å²) in [6, 6.07) is 0.771. The maximum absolute atomic E-state index is 11.4. The second-order valence-electron chi connectivity index (χ2n) is 5.62. The highest BCUT2D eigenvalue weighted by atomic mass is 16.4. The van der Waals surface area contributed by atoms with E-state index in [0.717, 1.165) is 38.8 Å². The molecule has 0 radical (unpaired) electrons. The Kier molecular flexibility index (Phi) is 4.05. The number of carbonyl (C=O) groups is 1. The number of likely N-dealkylation sites (N-methyl/N-ethyl adjacent to an activating group) is 1. The molecule has 2 saturated heterocycles. The third-order valence-corrected chi connectivity index (χ3v) is 4.41.